The van der Waals surface area contributed by atoms with E-state index in [1.807, 2.05) is 19.1 Å². The Morgan fingerprint density at radius 2 is 1.71 bits per heavy atom. The number of carbonyl (C=O) groups is 2. The van der Waals surface area contributed by atoms with E-state index in [4.69, 9.17) is 27.9 Å². The van der Waals surface area contributed by atoms with Crippen LogP contribution in [0, 0.1) is 12.8 Å². The first-order valence-electron chi connectivity index (χ1n) is 12.6. The van der Waals surface area contributed by atoms with Gasteiger partial charge in [-0.2, -0.15) is 0 Å². The molecule has 206 valence electrons. The Balaban J connectivity index is 1.90. The summed E-state index contributed by atoms with van der Waals surface area (Å²) in [5.74, 6) is -1.95. The molecule has 0 bridgehead atoms. The number of benzene rings is 2. The minimum atomic E-state index is -3.62. The molecule has 2 aromatic carbocycles. The molecule has 1 aliphatic heterocycles. The molecular formula is C28H33Cl2NO6S. The molecule has 4 atom stereocenters. The molecule has 1 heterocycles. The van der Waals surface area contributed by atoms with Gasteiger partial charge in [0.15, 0.2) is 9.84 Å². The number of aliphatic carboxylic acids is 1. The lowest BCUT2D eigenvalue weighted by atomic mass is 9.89. The summed E-state index contributed by atoms with van der Waals surface area (Å²) in [6, 6.07) is 11.1. The first-order valence-corrected chi connectivity index (χ1v) is 15.0. The maximum atomic E-state index is 14.0. The summed E-state index contributed by atoms with van der Waals surface area (Å²) in [4.78, 5) is 27.4. The number of nitrogens with zero attached hydrogens (tertiary/aromatic N) is 1. The second-order valence-electron chi connectivity index (χ2n) is 11.2. The third-order valence-corrected chi connectivity index (χ3v) is 10.7. The lowest BCUT2D eigenvalue weighted by Crippen LogP contribution is -2.58. The average molecular weight is 583 g/mol. The lowest BCUT2D eigenvalue weighted by molar-refractivity contribution is -0.183. The van der Waals surface area contributed by atoms with E-state index < -0.39 is 57.2 Å². The Hall–Kier alpha value is -2.13. The van der Waals surface area contributed by atoms with Gasteiger partial charge in [0.25, 0.3) is 5.91 Å². The number of carboxylic acid groups (broad SMARTS) is 1. The van der Waals surface area contributed by atoms with E-state index >= 15 is 0 Å². The Kier molecular flexibility index (Phi) is 8.20. The molecule has 1 aliphatic carbocycles. The average Bonchev–Trinajstić information content (AvgIpc) is 3.66. The van der Waals surface area contributed by atoms with Crippen LogP contribution in [0.25, 0.3) is 0 Å². The van der Waals surface area contributed by atoms with Crippen molar-refractivity contribution in [3.8, 4) is 0 Å². The predicted octanol–water partition coefficient (Wildman–Crippen LogP) is 5.78. The van der Waals surface area contributed by atoms with Crippen molar-refractivity contribution in [2.45, 2.75) is 76.0 Å². The number of hydrogen-bond donors (Lipinski definition) is 1. The van der Waals surface area contributed by atoms with Crippen LogP contribution in [-0.4, -0.2) is 52.9 Å². The summed E-state index contributed by atoms with van der Waals surface area (Å²) in [6.45, 7) is 6.81. The van der Waals surface area contributed by atoms with Crippen LogP contribution in [0.4, 0.5) is 0 Å². The molecule has 1 amide bonds. The normalized spacial score (nSPS) is 23.4. The van der Waals surface area contributed by atoms with Gasteiger partial charge in [-0.25, -0.2) is 8.42 Å². The van der Waals surface area contributed by atoms with Crippen molar-refractivity contribution < 1.29 is 27.9 Å². The van der Waals surface area contributed by atoms with Crippen molar-refractivity contribution >= 4 is 44.9 Å². The summed E-state index contributed by atoms with van der Waals surface area (Å²) in [6.07, 6.45) is -1.03. The number of hydrogen-bond acceptors (Lipinski definition) is 5. The van der Waals surface area contributed by atoms with Crippen LogP contribution >= 0.6 is 23.2 Å². The fourth-order valence-corrected chi connectivity index (χ4v) is 6.56. The van der Waals surface area contributed by atoms with Crippen molar-refractivity contribution in [2.75, 3.05) is 5.75 Å². The van der Waals surface area contributed by atoms with Gasteiger partial charge in [-0.3, -0.25) is 9.59 Å². The number of sulfone groups is 1. The molecule has 2 aliphatic rings. The summed E-state index contributed by atoms with van der Waals surface area (Å²) < 4.78 is 32.1. The first kappa shape index (κ1) is 28.9. The number of carbonyl (C=O) groups excluding carboxylic acids is 1. The number of morpholine rings is 1. The summed E-state index contributed by atoms with van der Waals surface area (Å²) >= 11 is 12.6. The Bertz CT molecular complexity index is 1320. The zero-order valence-electron chi connectivity index (χ0n) is 21.9. The third-order valence-electron chi connectivity index (χ3n) is 7.37. The van der Waals surface area contributed by atoms with Crippen LogP contribution in [0.1, 0.15) is 68.9 Å². The summed E-state index contributed by atoms with van der Waals surface area (Å²) in [5, 5.41) is 10.6. The van der Waals surface area contributed by atoms with E-state index in [2.05, 4.69) is 0 Å². The topological polar surface area (TPSA) is 101 Å². The molecule has 0 radical (unpaired) electrons. The largest absolute Gasteiger partial charge is 0.481 e. The highest BCUT2D eigenvalue weighted by atomic mass is 35.5. The maximum absolute atomic E-state index is 14.0. The van der Waals surface area contributed by atoms with Gasteiger partial charge < -0.3 is 14.7 Å². The fraction of sp³-hybridized carbons (Fsp3) is 0.500. The Morgan fingerprint density at radius 1 is 1.11 bits per heavy atom. The molecule has 1 N–H and O–H groups in total. The van der Waals surface area contributed by atoms with Crippen LogP contribution in [0.5, 0.6) is 0 Å². The minimum absolute atomic E-state index is 0.0169. The van der Waals surface area contributed by atoms with E-state index in [9.17, 15) is 23.1 Å². The predicted molar refractivity (Wildman–Crippen MR) is 147 cm³/mol. The van der Waals surface area contributed by atoms with Gasteiger partial charge in [0.05, 0.1) is 23.0 Å². The molecule has 0 unspecified atom stereocenters. The highest BCUT2D eigenvalue weighted by Crippen LogP contribution is 2.48. The van der Waals surface area contributed by atoms with Gasteiger partial charge in [0.1, 0.15) is 12.2 Å². The molecule has 7 nitrogen and oxygen atoms in total. The number of ether oxygens (including phenoxy) is 1. The molecule has 2 aromatic rings. The number of aryl methyl sites for hydroxylation is 1. The molecule has 4 rings (SSSR count). The van der Waals surface area contributed by atoms with Gasteiger partial charge in [-0.15, -0.1) is 0 Å². The van der Waals surface area contributed by atoms with Crippen molar-refractivity contribution in [1.29, 1.82) is 0 Å². The highest BCUT2D eigenvalue weighted by Gasteiger charge is 2.52. The van der Waals surface area contributed by atoms with Crippen LogP contribution in [0.15, 0.2) is 42.5 Å². The van der Waals surface area contributed by atoms with Gasteiger partial charge >= 0.3 is 5.97 Å². The number of halogens is 2. The zero-order chi connectivity index (χ0) is 28.0. The van der Waals surface area contributed by atoms with Crippen molar-refractivity contribution in [2.24, 2.45) is 5.92 Å². The van der Waals surface area contributed by atoms with Crippen LogP contribution in [0.2, 0.25) is 10.0 Å². The highest BCUT2D eigenvalue weighted by molar-refractivity contribution is 7.92. The summed E-state index contributed by atoms with van der Waals surface area (Å²) in [7, 11) is -3.62. The van der Waals surface area contributed by atoms with Crippen molar-refractivity contribution in [3.63, 3.8) is 0 Å². The van der Waals surface area contributed by atoms with Crippen molar-refractivity contribution in [3.05, 3.63) is 69.2 Å². The molecule has 1 saturated carbocycles. The van der Waals surface area contributed by atoms with E-state index in [0.29, 0.717) is 21.2 Å². The minimum Gasteiger partial charge on any atom is -0.481 e. The van der Waals surface area contributed by atoms with Gasteiger partial charge in [-0.05, 0) is 81.3 Å². The van der Waals surface area contributed by atoms with Gasteiger partial charge in [-0.1, -0.05) is 47.5 Å². The SMILES string of the molecule is Cc1ccc([C@H]2O[C@H](CC(=O)O)C(=O)N([C@H](CS(=O)(=O)C(C)(C)C)C3CC3)[C@@H]2c2ccc(Cl)cc2)cc1Cl. The fourth-order valence-electron chi connectivity index (χ4n) is 4.86. The van der Waals surface area contributed by atoms with Crippen molar-refractivity contribution in [1.82, 2.24) is 4.90 Å². The zero-order valence-corrected chi connectivity index (χ0v) is 24.2. The quantitative estimate of drug-likeness (QED) is 0.424. The van der Waals surface area contributed by atoms with Crippen LogP contribution < -0.4 is 0 Å². The van der Waals surface area contributed by atoms with E-state index in [-0.39, 0.29) is 11.7 Å². The number of carboxylic acids is 1. The first-order chi connectivity index (χ1) is 17.7. The molecule has 1 saturated heterocycles. The molecule has 10 heteroatoms. The monoisotopic (exact) mass is 581 g/mol. The van der Waals surface area contributed by atoms with E-state index in [1.165, 1.54) is 0 Å². The van der Waals surface area contributed by atoms with E-state index in [0.717, 1.165) is 18.4 Å². The molecule has 2 fully saturated rings. The molecule has 0 aromatic heterocycles. The smallest absolute Gasteiger partial charge is 0.306 e. The number of rotatable bonds is 8. The Labute approximate surface area is 234 Å². The lowest BCUT2D eigenvalue weighted by Gasteiger charge is -2.48. The van der Waals surface area contributed by atoms with Gasteiger partial charge in [0.2, 0.25) is 0 Å². The molecule has 0 spiro atoms. The number of amides is 1. The third kappa shape index (κ3) is 6.03. The summed E-state index contributed by atoms with van der Waals surface area (Å²) in [5.41, 5.74) is 2.23. The Morgan fingerprint density at radius 3 is 2.24 bits per heavy atom. The second kappa shape index (κ2) is 10.8. The second-order valence-corrected chi connectivity index (χ2v) is 14.8. The van der Waals surface area contributed by atoms with Gasteiger partial charge in [0, 0.05) is 16.1 Å². The standard InChI is InChI=1S/C28H33Cl2NO6S/c1-16-5-6-19(13-21(16)30)26-25(18-9-11-20(29)12-10-18)31(27(34)23(37-26)14-24(32)33)22(17-7-8-17)15-38(35,36)28(2,3)4/h5-6,9-13,17,22-23,25-26H,7-8,14-15H2,1-4H3,(H,32,33)/t22-,23-,25-,26-/m1/s1. The molecular weight excluding hydrogens is 549 g/mol. The maximum Gasteiger partial charge on any atom is 0.306 e. The van der Waals surface area contributed by atoms with Crippen LogP contribution in [-0.2, 0) is 24.2 Å². The van der Waals surface area contributed by atoms with Crippen LogP contribution in [0.3, 0.4) is 0 Å². The van der Waals surface area contributed by atoms with E-state index in [1.54, 1.807) is 56.0 Å². The molecule has 38 heavy (non-hydrogen) atoms.